The number of fused-ring (bicyclic) bond motifs is 1. The molecule has 100 valence electrons. The molecular weight excluding hydrogens is 318 g/mol. The van der Waals surface area contributed by atoms with Crippen molar-refractivity contribution in [3.05, 3.63) is 52.8 Å². The molecule has 0 saturated heterocycles. The highest BCUT2D eigenvalue weighted by Crippen LogP contribution is 2.33. The van der Waals surface area contributed by atoms with Gasteiger partial charge in [-0.1, -0.05) is 18.2 Å². The first-order valence-electron chi connectivity index (χ1n) is 6.08. The second-order valence-corrected chi connectivity index (χ2v) is 5.22. The van der Waals surface area contributed by atoms with Crippen LogP contribution in [0.5, 0.6) is 11.6 Å². The Morgan fingerprint density at radius 3 is 2.80 bits per heavy atom. The van der Waals surface area contributed by atoms with Crippen molar-refractivity contribution in [1.82, 2.24) is 9.97 Å². The molecule has 0 unspecified atom stereocenters. The number of rotatable bonds is 2. The third kappa shape index (κ3) is 2.32. The van der Waals surface area contributed by atoms with Crippen molar-refractivity contribution in [3.8, 4) is 11.6 Å². The first-order chi connectivity index (χ1) is 9.65. The van der Waals surface area contributed by atoms with Gasteiger partial charge in [0.05, 0.1) is 28.1 Å². The Hall–Kier alpha value is -2.14. The van der Waals surface area contributed by atoms with E-state index in [1.165, 1.54) is 0 Å². The van der Waals surface area contributed by atoms with E-state index in [9.17, 15) is 0 Å². The molecular formula is C15H12BrN3O. The minimum absolute atomic E-state index is 0.480. The number of hydrogen-bond donors (Lipinski definition) is 1. The fourth-order valence-electron chi connectivity index (χ4n) is 1.86. The van der Waals surface area contributed by atoms with Crippen LogP contribution < -0.4 is 10.5 Å². The lowest BCUT2D eigenvalue weighted by atomic mass is 10.2. The van der Waals surface area contributed by atoms with Crippen LogP contribution in [-0.2, 0) is 0 Å². The SMILES string of the molecule is Cc1c(N)cnc(Oc2cnc3ccccc3c2)c1Br. The number of halogens is 1. The topological polar surface area (TPSA) is 61.0 Å². The molecule has 0 bridgehead atoms. The molecule has 2 aromatic heterocycles. The van der Waals surface area contributed by atoms with Gasteiger partial charge in [-0.25, -0.2) is 4.98 Å². The standard InChI is InChI=1S/C15H12BrN3O/c1-9-12(17)8-19-15(14(9)16)20-11-6-10-4-2-3-5-13(10)18-7-11/h2-8H,17H2,1H3. The number of nitrogens with zero attached hydrogens (tertiary/aromatic N) is 2. The lowest BCUT2D eigenvalue weighted by Crippen LogP contribution is -1.96. The van der Waals surface area contributed by atoms with Crippen LogP contribution in [-0.4, -0.2) is 9.97 Å². The molecule has 2 N–H and O–H groups in total. The van der Waals surface area contributed by atoms with E-state index in [0.29, 0.717) is 17.3 Å². The predicted molar refractivity (Wildman–Crippen MR) is 82.9 cm³/mol. The van der Waals surface area contributed by atoms with Gasteiger partial charge in [-0.15, -0.1) is 0 Å². The van der Waals surface area contributed by atoms with Crippen molar-refractivity contribution in [2.75, 3.05) is 5.73 Å². The minimum Gasteiger partial charge on any atom is -0.436 e. The van der Waals surface area contributed by atoms with Gasteiger partial charge in [0.25, 0.3) is 0 Å². The van der Waals surface area contributed by atoms with E-state index in [1.807, 2.05) is 37.3 Å². The molecule has 0 amide bonds. The van der Waals surface area contributed by atoms with E-state index < -0.39 is 0 Å². The molecule has 3 rings (SSSR count). The number of benzene rings is 1. The van der Waals surface area contributed by atoms with Crippen molar-refractivity contribution < 1.29 is 4.74 Å². The highest BCUT2D eigenvalue weighted by Gasteiger charge is 2.10. The molecule has 3 aromatic rings. The average Bonchev–Trinajstić information content (AvgIpc) is 2.48. The number of ether oxygens (including phenoxy) is 1. The molecule has 0 atom stereocenters. The van der Waals surface area contributed by atoms with E-state index in [0.717, 1.165) is 20.9 Å². The molecule has 0 fully saturated rings. The van der Waals surface area contributed by atoms with Crippen LogP contribution in [0.4, 0.5) is 5.69 Å². The number of hydrogen-bond acceptors (Lipinski definition) is 4. The van der Waals surface area contributed by atoms with Crippen molar-refractivity contribution in [2.45, 2.75) is 6.92 Å². The first kappa shape index (κ1) is 12.9. The summed E-state index contributed by atoms with van der Waals surface area (Å²) in [4.78, 5) is 8.55. The van der Waals surface area contributed by atoms with Crippen LogP contribution in [0.2, 0.25) is 0 Å². The van der Waals surface area contributed by atoms with Gasteiger partial charge < -0.3 is 10.5 Å². The van der Waals surface area contributed by atoms with Crippen LogP contribution in [0.25, 0.3) is 10.9 Å². The fraction of sp³-hybridized carbons (Fsp3) is 0.0667. The van der Waals surface area contributed by atoms with Crippen LogP contribution in [0.3, 0.4) is 0 Å². The van der Waals surface area contributed by atoms with Crippen molar-refractivity contribution in [1.29, 1.82) is 0 Å². The maximum atomic E-state index is 5.80. The Morgan fingerprint density at radius 1 is 1.15 bits per heavy atom. The summed E-state index contributed by atoms with van der Waals surface area (Å²) >= 11 is 3.45. The van der Waals surface area contributed by atoms with Crippen LogP contribution in [0, 0.1) is 6.92 Å². The summed E-state index contributed by atoms with van der Waals surface area (Å²) in [6.45, 7) is 1.91. The molecule has 0 spiro atoms. The maximum Gasteiger partial charge on any atom is 0.234 e. The predicted octanol–water partition coefficient (Wildman–Crippen LogP) is 4.08. The van der Waals surface area contributed by atoms with Crippen LogP contribution in [0.15, 0.2) is 47.2 Å². The number of anilines is 1. The summed E-state index contributed by atoms with van der Waals surface area (Å²) in [6, 6.07) is 9.81. The normalized spacial score (nSPS) is 10.7. The molecule has 4 nitrogen and oxygen atoms in total. The second-order valence-electron chi connectivity index (χ2n) is 4.42. The van der Waals surface area contributed by atoms with Crippen molar-refractivity contribution in [3.63, 3.8) is 0 Å². The van der Waals surface area contributed by atoms with Crippen LogP contribution >= 0.6 is 15.9 Å². The molecule has 0 radical (unpaired) electrons. The first-order valence-corrected chi connectivity index (χ1v) is 6.87. The summed E-state index contributed by atoms with van der Waals surface area (Å²) in [5.74, 6) is 1.12. The summed E-state index contributed by atoms with van der Waals surface area (Å²) in [5, 5.41) is 1.02. The zero-order valence-corrected chi connectivity index (χ0v) is 12.4. The average molecular weight is 330 g/mol. The van der Waals surface area contributed by atoms with E-state index in [2.05, 4.69) is 25.9 Å². The summed E-state index contributed by atoms with van der Waals surface area (Å²) in [7, 11) is 0. The van der Waals surface area contributed by atoms with Gasteiger partial charge >= 0.3 is 0 Å². The zero-order valence-electron chi connectivity index (χ0n) is 10.8. The van der Waals surface area contributed by atoms with Gasteiger partial charge in [0, 0.05) is 5.39 Å². The van der Waals surface area contributed by atoms with Crippen molar-refractivity contribution in [2.24, 2.45) is 0 Å². The van der Waals surface area contributed by atoms with Crippen molar-refractivity contribution >= 4 is 32.5 Å². The number of aromatic nitrogens is 2. The molecule has 0 aliphatic carbocycles. The maximum absolute atomic E-state index is 5.80. The molecule has 1 aromatic carbocycles. The summed E-state index contributed by atoms with van der Waals surface area (Å²) in [6.07, 6.45) is 3.27. The van der Waals surface area contributed by atoms with Crippen LogP contribution in [0.1, 0.15) is 5.56 Å². The molecule has 20 heavy (non-hydrogen) atoms. The molecule has 0 aliphatic heterocycles. The van der Waals surface area contributed by atoms with Gasteiger partial charge in [-0.2, -0.15) is 0 Å². The lowest BCUT2D eigenvalue weighted by Gasteiger charge is -2.10. The van der Waals surface area contributed by atoms with E-state index in [-0.39, 0.29) is 0 Å². The van der Waals surface area contributed by atoms with Gasteiger partial charge in [0.1, 0.15) is 5.75 Å². The smallest absolute Gasteiger partial charge is 0.234 e. The Kier molecular flexibility index (Phi) is 3.28. The number of nitrogen functional groups attached to an aromatic ring is 1. The minimum atomic E-state index is 0.480. The monoisotopic (exact) mass is 329 g/mol. The fourth-order valence-corrected chi connectivity index (χ4v) is 2.27. The Morgan fingerprint density at radius 2 is 1.95 bits per heavy atom. The molecule has 0 saturated carbocycles. The van der Waals surface area contributed by atoms with Gasteiger partial charge in [0.15, 0.2) is 0 Å². The van der Waals surface area contributed by atoms with Gasteiger partial charge in [-0.3, -0.25) is 4.98 Å². The third-order valence-electron chi connectivity index (χ3n) is 3.05. The van der Waals surface area contributed by atoms with Gasteiger partial charge in [-0.05, 0) is 40.5 Å². The summed E-state index contributed by atoms with van der Waals surface area (Å²) in [5.41, 5.74) is 8.26. The molecule has 5 heteroatoms. The highest BCUT2D eigenvalue weighted by molar-refractivity contribution is 9.10. The quantitative estimate of drug-likeness (QED) is 0.769. The lowest BCUT2D eigenvalue weighted by molar-refractivity contribution is 0.458. The zero-order chi connectivity index (χ0) is 14.1. The Balaban J connectivity index is 1.99. The van der Waals surface area contributed by atoms with E-state index in [1.54, 1.807) is 12.4 Å². The third-order valence-corrected chi connectivity index (χ3v) is 3.98. The number of nitrogens with two attached hydrogens (primary N) is 1. The largest absolute Gasteiger partial charge is 0.436 e. The van der Waals surface area contributed by atoms with Gasteiger partial charge in [0.2, 0.25) is 5.88 Å². The Bertz CT molecular complexity index is 789. The summed E-state index contributed by atoms with van der Waals surface area (Å²) < 4.78 is 6.53. The highest BCUT2D eigenvalue weighted by atomic mass is 79.9. The second kappa shape index (κ2) is 5.09. The number of pyridine rings is 2. The number of para-hydroxylation sites is 1. The van der Waals surface area contributed by atoms with E-state index >= 15 is 0 Å². The van der Waals surface area contributed by atoms with E-state index in [4.69, 9.17) is 10.5 Å². The molecule has 2 heterocycles. The Labute approximate surface area is 124 Å². The molecule has 0 aliphatic rings.